The molecule has 0 radical (unpaired) electrons. The minimum absolute atomic E-state index is 0.224. The Morgan fingerprint density at radius 2 is 1.77 bits per heavy atom. The highest BCUT2D eigenvalue weighted by atomic mass is 16.5. The molecule has 0 aliphatic heterocycles. The van der Waals surface area contributed by atoms with Crippen molar-refractivity contribution in [1.29, 1.82) is 0 Å². The van der Waals surface area contributed by atoms with Crippen molar-refractivity contribution in [1.82, 2.24) is 14.5 Å². The zero-order valence-electron chi connectivity index (χ0n) is 16.6. The number of nitrogens with zero attached hydrogens (tertiary/aromatic N) is 3. The number of hydrogen-bond donors (Lipinski definition) is 0. The number of aryl methyl sites for hydroxylation is 1. The molecule has 2 heterocycles. The van der Waals surface area contributed by atoms with Crippen LogP contribution in [0.25, 0.3) is 5.69 Å². The fourth-order valence-corrected chi connectivity index (χ4v) is 3.30. The minimum atomic E-state index is 0.224. The molecule has 0 fully saturated rings. The molecule has 0 atom stereocenters. The second-order valence-corrected chi connectivity index (χ2v) is 7.11. The monoisotopic (exact) mass is 397 g/mol. The summed E-state index contributed by atoms with van der Waals surface area (Å²) >= 11 is 0. The summed E-state index contributed by atoms with van der Waals surface area (Å²) in [6.45, 7) is 0.456. The van der Waals surface area contributed by atoms with Crippen LogP contribution >= 0.6 is 0 Å². The summed E-state index contributed by atoms with van der Waals surface area (Å²) < 4.78 is 7.94. The standard InChI is InChI=1S/C25H23N3O2/c29-23(10-7-21-4-3-13-26-17-21)16-20-8-11-24(12-9-20)30-18-22-5-1-2-6-25(22)28-15-14-27-19-28/h1-6,8-9,11-15,17,19H,7,10,16,18H2. The van der Waals surface area contributed by atoms with Crippen LogP contribution in [0.5, 0.6) is 5.75 Å². The van der Waals surface area contributed by atoms with E-state index in [1.165, 1.54) is 0 Å². The largest absolute Gasteiger partial charge is 0.489 e. The van der Waals surface area contributed by atoms with Gasteiger partial charge in [-0.2, -0.15) is 0 Å². The molecule has 0 unspecified atom stereocenters. The second kappa shape index (κ2) is 9.65. The molecule has 30 heavy (non-hydrogen) atoms. The molecule has 0 amide bonds. The molecule has 0 saturated heterocycles. The van der Waals surface area contributed by atoms with E-state index in [9.17, 15) is 4.79 Å². The minimum Gasteiger partial charge on any atom is -0.489 e. The zero-order chi connectivity index (χ0) is 20.6. The fourth-order valence-electron chi connectivity index (χ4n) is 3.30. The van der Waals surface area contributed by atoms with Crippen LogP contribution in [0.3, 0.4) is 0 Å². The van der Waals surface area contributed by atoms with Crippen molar-refractivity contribution < 1.29 is 9.53 Å². The number of ketones is 1. The Morgan fingerprint density at radius 3 is 2.53 bits per heavy atom. The molecule has 0 saturated carbocycles. The molecule has 5 heteroatoms. The lowest BCUT2D eigenvalue weighted by Crippen LogP contribution is -2.05. The Balaban J connectivity index is 1.31. The maximum atomic E-state index is 12.3. The Labute approximate surface area is 176 Å². The van der Waals surface area contributed by atoms with Gasteiger partial charge in [-0.3, -0.25) is 9.78 Å². The summed E-state index contributed by atoms with van der Waals surface area (Å²) in [6.07, 6.45) is 10.7. The van der Waals surface area contributed by atoms with E-state index in [2.05, 4.69) is 9.97 Å². The Hall–Kier alpha value is -3.73. The van der Waals surface area contributed by atoms with Crippen molar-refractivity contribution >= 4 is 5.78 Å². The van der Waals surface area contributed by atoms with Crippen molar-refractivity contribution in [2.45, 2.75) is 25.9 Å². The first-order chi connectivity index (χ1) is 14.8. The topological polar surface area (TPSA) is 57.0 Å². The average Bonchev–Trinajstić information content (AvgIpc) is 3.33. The van der Waals surface area contributed by atoms with Gasteiger partial charge in [0.25, 0.3) is 0 Å². The number of benzene rings is 2. The van der Waals surface area contributed by atoms with Crippen LogP contribution in [0.1, 0.15) is 23.1 Å². The molecular formula is C25H23N3O2. The number of para-hydroxylation sites is 1. The molecule has 0 spiro atoms. The smallest absolute Gasteiger partial charge is 0.137 e. The molecule has 0 bridgehead atoms. The molecule has 0 aliphatic carbocycles. The van der Waals surface area contributed by atoms with Crippen LogP contribution in [0.2, 0.25) is 0 Å². The Bertz CT molecular complexity index is 1080. The van der Waals surface area contributed by atoms with Gasteiger partial charge in [-0.25, -0.2) is 4.98 Å². The summed E-state index contributed by atoms with van der Waals surface area (Å²) in [5, 5.41) is 0. The van der Waals surface area contributed by atoms with Gasteiger partial charge >= 0.3 is 0 Å². The van der Waals surface area contributed by atoms with E-state index >= 15 is 0 Å². The van der Waals surface area contributed by atoms with E-state index in [4.69, 9.17) is 4.74 Å². The summed E-state index contributed by atoms with van der Waals surface area (Å²) in [6, 6.07) is 19.7. The van der Waals surface area contributed by atoms with Crippen LogP contribution in [0.4, 0.5) is 0 Å². The highest BCUT2D eigenvalue weighted by molar-refractivity contribution is 5.81. The van der Waals surface area contributed by atoms with Gasteiger partial charge in [0.2, 0.25) is 0 Å². The molecule has 2 aromatic heterocycles. The first kappa shape index (κ1) is 19.6. The predicted molar refractivity (Wildman–Crippen MR) is 116 cm³/mol. The number of carbonyl (C=O) groups excluding carboxylic acids is 1. The molecule has 0 N–H and O–H groups in total. The Kier molecular flexibility index (Phi) is 6.30. The zero-order valence-corrected chi connectivity index (χ0v) is 16.6. The highest BCUT2D eigenvalue weighted by Gasteiger charge is 2.07. The first-order valence-corrected chi connectivity index (χ1v) is 9.96. The molecule has 4 aromatic rings. The van der Waals surface area contributed by atoms with Crippen molar-refractivity contribution in [3.05, 3.63) is 108 Å². The molecule has 5 nitrogen and oxygen atoms in total. The normalized spacial score (nSPS) is 10.7. The SMILES string of the molecule is O=C(CCc1cccnc1)Cc1ccc(OCc2ccccc2-n2ccnc2)cc1. The van der Waals surface area contributed by atoms with E-state index in [0.29, 0.717) is 19.4 Å². The number of carbonyl (C=O) groups is 1. The maximum Gasteiger partial charge on any atom is 0.137 e. The van der Waals surface area contributed by atoms with Crippen LogP contribution in [0.15, 0.2) is 91.8 Å². The lowest BCUT2D eigenvalue weighted by Gasteiger charge is -2.12. The van der Waals surface area contributed by atoms with E-state index in [1.54, 1.807) is 18.7 Å². The van der Waals surface area contributed by atoms with E-state index < -0.39 is 0 Å². The highest BCUT2D eigenvalue weighted by Crippen LogP contribution is 2.19. The molecule has 2 aromatic carbocycles. The third-order valence-electron chi connectivity index (χ3n) is 4.91. The lowest BCUT2D eigenvalue weighted by molar-refractivity contribution is -0.118. The molecule has 0 aliphatic rings. The van der Waals surface area contributed by atoms with Gasteiger partial charge in [-0.15, -0.1) is 0 Å². The van der Waals surface area contributed by atoms with Crippen LogP contribution in [0, 0.1) is 0 Å². The van der Waals surface area contributed by atoms with Crippen LogP contribution < -0.4 is 4.74 Å². The molecule has 4 rings (SSSR count). The van der Waals surface area contributed by atoms with E-state index in [1.807, 2.05) is 77.6 Å². The third kappa shape index (κ3) is 5.20. The van der Waals surface area contributed by atoms with Gasteiger partial charge in [0.05, 0.1) is 12.0 Å². The summed E-state index contributed by atoms with van der Waals surface area (Å²) in [7, 11) is 0. The van der Waals surface area contributed by atoms with Crippen molar-refractivity contribution in [2.24, 2.45) is 0 Å². The predicted octanol–water partition coefficient (Wildman–Crippen LogP) is 4.59. The Morgan fingerprint density at radius 1 is 0.900 bits per heavy atom. The van der Waals surface area contributed by atoms with Gasteiger partial charge < -0.3 is 9.30 Å². The van der Waals surface area contributed by atoms with Gasteiger partial charge in [0.1, 0.15) is 18.1 Å². The van der Waals surface area contributed by atoms with Gasteiger partial charge in [-0.05, 0) is 41.8 Å². The van der Waals surface area contributed by atoms with Gasteiger partial charge in [-0.1, -0.05) is 36.4 Å². The number of ether oxygens (including phenoxy) is 1. The number of rotatable bonds is 9. The summed E-state index contributed by atoms with van der Waals surface area (Å²) in [4.78, 5) is 20.5. The van der Waals surface area contributed by atoms with Crippen LogP contribution in [-0.2, 0) is 24.2 Å². The van der Waals surface area contributed by atoms with E-state index in [-0.39, 0.29) is 5.78 Å². The van der Waals surface area contributed by atoms with E-state index in [0.717, 1.165) is 34.5 Å². The van der Waals surface area contributed by atoms with Crippen molar-refractivity contribution in [3.8, 4) is 11.4 Å². The summed E-state index contributed by atoms with van der Waals surface area (Å²) in [5.41, 5.74) is 4.21. The molecular weight excluding hydrogens is 374 g/mol. The third-order valence-corrected chi connectivity index (χ3v) is 4.91. The van der Waals surface area contributed by atoms with Crippen molar-refractivity contribution in [2.75, 3.05) is 0 Å². The van der Waals surface area contributed by atoms with Crippen LogP contribution in [-0.4, -0.2) is 20.3 Å². The fraction of sp³-hybridized carbons (Fsp3) is 0.160. The lowest BCUT2D eigenvalue weighted by atomic mass is 10.0. The first-order valence-electron chi connectivity index (χ1n) is 9.96. The quantitative estimate of drug-likeness (QED) is 0.414. The number of aromatic nitrogens is 3. The number of Topliss-reactive ketones (excluding diaryl/α,β-unsaturated/α-hetero) is 1. The maximum absolute atomic E-state index is 12.3. The van der Waals surface area contributed by atoms with Crippen molar-refractivity contribution in [3.63, 3.8) is 0 Å². The van der Waals surface area contributed by atoms with Gasteiger partial charge in [0, 0.05) is 43.2 Å². The van der Waals surface area contributed by atoms with Gasteiger partial charge in [0.15, 0.2) is 0 Å². The number of hydrogen-bond acceptors (Lipinski definition) is 4. The molecule has 150 valence electrons. The average molecular weight is 397 g/mol. The summed E-state index contributed by atoms with van der Waals surface area (Å²) in [5.74, 6) is 1.00. The second-order valence-electron chi connectivity index (χ2n) is 7.11. The number of pyridine rings is 1. The number of imidazole rings is 1.